The van der Waals surface area contributed by atoms with E-state index in [1.165, 1.54) is 6.92 Å². The lowest BCUT2D eigenvalue weighted by atomic mass is 10.0. The van der Waals surface area contributed by atoms with Crippen molar-refractivity contribution in [3.05, 3.63) is 51.9 Å². The first-order chi connectivity index (χ1) is 16.2. The van der Waals surface area contributed by atoms with Crippen molar-refractivity contribution in [3.63, 3.8) is 0 Å². The lowest BCUT2D eigenvalue weighted by Gasteiger charge is -2.23. The van der Waals surface area contributed by atoms with Gasteiger partial charge in [0.1, 0.15) is 11.9 Å². The van der Waals surface area contributed by atoms with Crippen molar-refractivity contribution in [1.29, 1.82) is 0 Å². The summed E-state index contributed by atoms with van der Waals surface area (Å²) >= 11 is 0. The molecule has 3 N–H and O–H groups in total. The van der Waals surface area contributed by atoms with Gasteiger partial charge in [-0.15, -0.1) is 12.4 Å². The molecule has 0 saturated carbocycles. The van der Waals surface area contributed by atoms with Crippen molar-refractivity contribution in [2.75, 3.05) is 13.2 Å². The molecule has 0 amide bonds. The summed E-state index contributed by atoms with van der Waals surface area (Å²) in [7, 11) is 1.74. The molecule has 0 spiro atoms. The van der Waals surface area contributed by atoms with Gasteiger partial charge in [0.25, 0.3) is 5.56 Å². The van der Waals surface area contributed by atoms with Crippen molar-refractivity contribution in [2.45, 2.75) is 51.9 Å². The number of aliphatic carboxylic acids is 1. The van der Waals surface area contributed by atoms with Crippen molar-refractivity contribution >= 4 is 29.4 Å². The molecule has 1 fully saturated rings. The number of carboxylic acid groups (broad SMARTS) is 1. The second kappa shape index (κ2) is 11.3. The van der Waals surface area contributed by atoms with Gasteiger partial charge in [0.2, 0.25) is 0 Å². The molecule has 1 aliphatic rings. The number of rotatable bonds is 8. The first-order valence-corrected chi connectivity index (χ1v) is 11.6. The van der Waals surface area contributed by atoms with Gasteiger partial charge in [-0.05, 0) is 50.5 Å². The van der Waals surface area contributed by atoms with E-state index in [0.717, 1.165) is 54.0 Å². The molecule has 1 aliphatic heterocycles. The number of carboxylic acids is 1. The van der Waals surface area contributed by atoms with E-state index in [9.17, 15) is 19.8 Å². The number of ether oxygens (including phenoxy) is 1. The lowest BCUT2D eigenvalue weighted by Crippen LogP contribution is -2.44. The minimum Gasteiger partial charge on any atom is -0.480 e. The van der Waals surface area contributed by atoms with Gasteiger partial charge >= 0.3 is 5.97 Å². The van der Waals surface area contributed by atoms with E-state index >= 15 is 0 Å². The molecule has 10 heteroatoms. The van der Waals surface area contributed by atoms with Gasteiger partial charge in [0.15, 0.2) is 0 Å². The minimum atomic E-state index is -1.09. The Morgan fingerprint density at radius 3 is 2.74 bits per heavy atom. The molecule has 3 heterocycles. The highest BCUT2D eigenvalue weighted by Crippen LogP contribution is 2.28. The molecule has 3 atom stereocenters. The molecule has 0 aliphatic carbocycles. The van der Waals surface area contributed by atoms with Crippen LogP contribution in [0.3, 0.4) is 0 Å². The smallest absolute Gasteiger partial charge is 0.323 e. The second-order valence-electron chi connectivity index (χ2n) is 9.22. The first kappa shape index (κ1) is 26.9. The Morgan fingerprint density at radius 1 is 1.34 bits per heavy atom. The van der Waals surface area contributed by atoms with Crippen molar-refractivity contribution in [3.8, 4) is 11.4 Å². The first-order valence-electron chi connectivity index (χ1n) is 11.6. The number of benzene rings is 1. The number of nitrogens with one attached hydrogen (secondary N) is 1. The van der Waals surface area contributed by atoms with E-state index in [0.29, 0.717) is 18.1 Å². The third-order valence-corrected chi connectivity index (χ3v) is 6.40. The van der Waals surface area contributed by atoms with E-state index in [4.69, 9.17) is 9.72 Å². The summed E-state index contributed by atoms with van der Waals surface area (Å²) in [6.45, 7) is 5.81. The predicted octanol–water partition coefficient (Wildman–Crippen LogP) is 2.48. The number of nitrogens with zero attached hydrogens (tertiary/aromatic N) is 3. The van der Waals surface area contributed by atoms with Crippen LogP contribution in [0.5, 0.6) is 0 Å². The number of aliphatic hydroxyl groups is 1. The van der Waals surface area contributed by atoms with Crippen molar-refractivity contribution in [1.82, 2.24) is 19.4 Å². The van der Waals surface area contributed by atoms with Crippen LogP contribution in [0.2, 0.25) is 0 Å². The van der Waals surface area contributed by atoms with E-state index in [1.807, 2.05) is 30.5 Å². The second-order valence-corrected chi connectivity index (χ2v) is 9.22. The topological polar surface area (TPSA) is 119 Å². The number of hydrogen-bond acceptors (Lipinski definition) is 6. The molecule has 35 heavy (non-hydrogen) atoms. The lowest BCUT2D eigenvalue weighted by molar-refractivity contribution is -0.142. The van der Waals surface area contributed by atoms with Gasteiger partial charge in [-0.1, -0.05) is 6.07 Å². The molecular weight excluding hydrogens is 472 g/mol. The zero-order valence-electron chi connectivity index (χ0n) is 20.2. The third kappa shape index (κ3) is 5.92. The maximum Gasteiger partial charge on any atom is 0.323 e. The van der Waals surface area contributed by atoms with Gasteiger partial charge in [0, 0.05) is 50.0 Å². The van der Waals surface area contributed by atoms with Crippen LogP contribution in [-0.4, -0.2) is 55.7 Å². The van der Waals surface area contributed by atoms with E-state index in [2.05, 4.69) is 9.88 Å². The standard InChI is InChI=1S/C25H32N4O5.ClH/c1-15-9-19(13-28(3)24(15)31)23-27-20-10-17(11-26-22(16(2)30)25(32)33)6-7-21(20)29(23)12-18-5-4-8-34-14-18;/h6-7,9-10,13,16,18,22,26,30H,4-5,8,11-12,14H2,1-3H3,(H,32,33);1H/t16?,18-,22?;/m0./s1. The molecule has 4 rings (SSSR count). The summed E-state index contributed by atoms with van der Waals surface area (Å²) in [5.74, 6) is 0.0708. The summed E-state index contributed by atoms with van der Waals surface area (Å²) in [5, 5.41) is 21.9. The summed E-state index contributed by atoms with van der Waals surface area (Å²) in [4.78, 5) is 28.6. The highest BCUT2D eigenvalue weighted by atomic mass is 35.5. The number of pyridine rings is 1. The normalized spacial score (nSPS) is 17.7. The summed E-state index contributed by atoms with van der Waals surface area (Å²) in [5.41, 5.74) is 4.12. The Labute approximate surface area is 210 Å². The van der Waals surface area contributed by atoms with Gasteiger partial charge < -0.3 is 24.1 Å². The Kier molecular flexibility index (Phi) is 8.71. The fourth-order valence-corrected chi connectivity index (χ4v) is 4.59. The maximum absolute atomic E-state index is 12.2. The molecule has 0 bridgehead atoms. The van der Waals surface area contributed by atoms with E-state index in [1.54, 1.807) is 18.5 Å². The average molecular weight is 505 g/mol. The third-order valence-electron chi connectivity index (χ3n) is 6.40. The average Bonchev–Trinajstić information content (AvgIpc) is 3.15. The number of aryl methyl sites for hydroxylation is 2. The number of fused-ring (bicyclic) bond motifs is 1. The molecule has 3 aromatic rings. The molecule has 9 nitrogen and oxygen atoms in total. The molecule has 1 saturated heterocycles. The van der Waals surface area contributed by atoms with Crippen LogP contribution in [0.15, 0.2) is 35.3 Å². The molecule has 1 aromatic carbocycles. The number of aromatic nitrogens is 3. The van der Waals surface area contributed by atoms with Gasteiger partial charge in [-0.25, -0.2) is 4.98 Å². The predicted molar refractivity (Wildman–Crippen MR) is 136 cm³/mol. The fraction of sp³-hybridized carbons (Fsp3) is 0.480. The molecule has 2 aromatic heterocycles. The summed E-state index contributed by atoms with van der Waals surface area (Å²) < 4.78 is 9.47. The van der Waals surface area contributed by atoms with Crippen LogP contribution in [0.4, 0.5) is 0 Å². The number of carbonyl (C=O) groups is 1. The Bertz CT molecular complexity index is 1220. The Balaban J connectivity index is 0.00000342. The number of hydrogen-bond donors (Lipinski definition) is 3. The zero-order chi connectivity index (χ0) is 24.4. The maximum atomic E-state index is 12.2. The van der Waals surface area contributed by atoms with E-state index < -0.39 is 18.1 Å². The molecule has 2 unspecified atom stereocenters. The van der Waals surface area contributed by atoms with Crippen LogP contribution in [0.1, 0.15) is 30.9 Å². The SMILES string of the molecule is Cc1cc(-c2nc3cc(CNC(C(=O)O)C(C)O)ccc3n2C[C@@H]2CCCOC2)cn(C)c1=O.Cl. The van der Waals surface area contributed by atoms with Crippen LogP contribution in [0, 0.1) is 12.8 Å². The van der Waals surface area contributed by atoms with Gasteiger partial charge in [-0.3, -0.25) is 14.9 Å². The van der Waals surface area contributed by atoms with Gasteiger partial charge in [0.05, 0.1) is 23.7 Å². The Hall–Kier alpha value is -2.72. The monoisotopic (exact) mass is 504 g/mol. The number of aliphatic hydroxyl groups excluding tert-OH is 1. The zero-order valence-corrected chi connectivity index (χ0v) is 21.0. The quantitative estimate of drug-likeness (QED) is 0.431. The van der Waals surface area contributed by atoms with E-state index in [-0.39, 0.29) is 24.5 Å². The van der Waals surface area contributed by atoms with Crippen molar-refractivity contribution in [2.24, 2.45) is 13.0 Å². The van der Waals surface area contributed by atoms with Crippen molar-refractivity contribution < 1.29 is 19.7 Å². The van der Waals surface area contributed by atoms with Gasteiger partial charge in [-0.2, -0.15) is 0 Å². The summed E-state index contributed by atoms with van der Waals surface area (Å²) in [6, 6.07) is 6.71. The van der Waals surface area contributed by atoms with Crippen LogP contribution < -0.4 is 10.9 Å². The highest BCUT2D eigenvalue weighted by molar-refractivity contribution is 5.85. The number of imidazole rings is 1. The molecule has 0 radical (unpaired) electrons. The van der Waals surface area contributed by atoms with Crippen LogP contribution >= 0.6 is 12.4 Å². The largest absolute Gasteiger partial charge is 0.480 e. The minimum absolute atomic E-state index is 0. The van der Waals surface area contributed by atoms with Crippen LogP contribution in [0.25, 0.3) is 22.4 Å². The highest BCUT2D eigenvalue weighted by Gasteiger charge is 2.23. The Morgan fingerprint density at radius 2 is 2.11 bits per heavy atom. The molecular formula is C25H33ClN4O5. The summed E-state index contributed by atoms with van der Waals surface area (Å²) in [6.07, 6.45) is 2.92. The molecule has 190 valence electrons. The fourth-order valence-electron chi connectivity index (χ4n) is 4.59. The number of halogens is 1. The van der Waals surface area contributed by atoms with Crippen LogP contribution in [-0.2, 0) is 29.7 Å².